The number of nitrogens with two attached hydrogens (primary N) is 1. The summed E-state index contributed by atoms with van der Waals surface area (Å²) in [6.07, 6.45) is -5.28. The third-order valence-electron chi connectivity index (χ3n) is 3.74. The number of nitrogen functional groups attached to an aromatic ring is 1. The van der Waals surface area contributed by atoms with Gasteiger partial charge in [-0.15, -0.1) is 0 Å². The zero-order valence-electron chi connectivity index (χ0n) is 13.6. The average Bonchev–Trinajstić information content (AvgIpc) is 3.02. The summed E-state index contributed by atoms with van der Waals surface area (Å²) in [5.74, 6) is -0.0513. The molecular weight excluding hydrogens is 428 g/mol. The molecule has 1 aliphatic rings. The third-order valence-corrected chi connectivity index (χ3v) is 5.89. The van der Waals surface area contributed by atoms with Crippen LogP contribution in [0, 0.1) is 0 Å². The van der Waals surface area contributed by atoms with E-state index in [0.717, 1.165) is 10.9 Å². The number of imidazole rings is 1. The number of anilines is 1. The maximum absolute atomic E-state index is 12.2. The molecule has 0 aliphatic carbocycles. The predicted molar refractivity (Wildman–Crippen MR) is 87.4 cm³/mol. The molecule has 5 atom stereocenters. The highest BCUT2D eigenvalue weighted by Gasteiger charge is 2.46. The summed E-state index contributed by atoms with van der Waals surface area (Å²) in [5, 5.41) is 20.3. The summed E-state index contributed by atoms with van der Waals surface area (Å²) in [7, 11) is -10.5. The van der Waals surface area contributed by atoms with Crippen molar-refractivity contribution < 1.29 is 47.6 Å². The van der Waals surface area contributed by atoms with Gasteiger partial charge in [0.15, 0.2) is 17.7 Å². The highest BCUT2D eigenvalue weighted by molar-refractivity contribution is 7.60. The molecular formula is C10H15N5O11P2. The Morgan fingerprint density at radius 2 is 1.93 bits per heavy atom. The number of phosphoric acid groups is 2. The van der Waals surface area contributed by atoms with E-state index < -0.39 is 52.5 Å². The lowest BCUT2D eigenvalue weighted by Crippen LogP contribution is -2.35. The molecule has 0 spiro atoms. The number of aliphatic hydroxyl groups excluding tert-OH is 2. The van der Waals surface area contributed by atoms with Gasteiger partial charge in [-0.3, -0.25) is 4.52 Å². The number of H-pyrrole nitrogens is 1. The molecule has 1 saturated heterocycles. The number of ether oxygens (including phenoxy) is 1. The van der Waals surface area contributed by atoms with Crippen LogP contribution in [0.1, 0.15) is 6.23 Å². The van der Waals surface area contributed by atoms with Crippen LogP contribution in [0.4, 0.5) is 5.82 Å². The molecule has 1 fully saturated rings. The first-order valence-corrected chi connectivity index (χ1v) is 10.4. The van der Waals surface area contributed by atoms with E-state index in [0.29, 0.717) is 0 Å². The SMILES string of the molecule is Nc1ncnc2c1[nH]c(=O)n2[C@@H]1O[C@H](COP(=O)(O)OP(=O)(O)O)[C@@H](O)[C@H]1O. The van der Waals surface area contributed by atoms with Gasteiger partial charge in [0.2, 0.25) is 0 Å². The normalized spacial score (nSPS) is 27.9. The van der Waals surface area contributed by atoms with E-state index >= 15 is 0 Å². The summed E-state index contributed by atoms with van der Waals surface area (Å²) >= 11 is 0. The van der Waals surface area contributed by atoms with E-state index in [9.17, 15) is 29.0 Å². The fourth-order valence-electron chi connectivity index (χ4n) is 2.60. The molecule has 0 radical (unpaired) electrons. The number of nitrogens with one attached hydrogen (secondary N) is 1. The first-order valence-electron chi connectivity index (χ1n) is 7.36. The van der Waals surface area contributed by atoms with Crippen molar-refractivity contribution >= 4 is 32.6 Å². The summed E-state index contributed by atoms with van der Waals surface area (Å²) in [5.41, 5.74) is 4.86. The number of hydrogen-bond donors (Lipinski definition) is 7. The molecule has 0 saturated carbocycles. The minimum absolute atomic E-state index is 0.0343. The molecule has 0 aromatic carbocycles. The van der Waals surface area contributed by atoms with Gasteiger partial charge >= 0.3 is 21.3 Å². The van der Waals surface area contributed by atoms with Crippen molar-refractivity contribution in [1.82, 2.24) is 19.5 Å². The van der Waals surface area contributed by atoms with Crippen molar-refractivity contribution in [3.8, 4) is 0 Å². The fraction of sp³-hybridized carbons (Fsp3) is 0.500. The molecule has 16 nitrogen and oxygen atoms in total. The van der Waals surface area contributed by atoms with Crippen LogP contribution in [-0.2, 0) is 22.7 Å². The van der Waals surface area contributed by atoms with Gasteiger partial charge in [0.1, 0.15) is 30.2 Å². The molecule has 156 valence electrons. The summed E-state index contributed by atoms with van der Waals surface area (Å²) < 4.78 is 36.3. The van der Waals surface area contributed by atoms with Crippen LogP contribution in [0.25, 0.3) is 11.2 Å². The van der Waals surface area contributed by atoms with E-state index in [-0.39, 0.29) is 17.0 Å². The van der Waals surface area contributed by atoms with Gasteiger partial charge in [-0.2, -0.15) is 4.31 Å². The van der Waals surface area contributed by atoms with Crippen LogP contribution in [0.5, 0.6) is 0 Å². The molecule has 8 N–H and O–H groups in total. The minimum Gasteiger partial charge on any atom is -0.387 e. The standard InChI is InChI=1S/C10H15N5O11P2/c11-7-4-8(13-2-12-7)15(10(18)14-4)9-6(17)5(16)3(25-9)1-24-28(22,23)26-27(19,20)21/h2-3,5-6,9,16-17H,1H2,(H,14,18)(H,22,23)(H2,11,12,13)(H2,19,20,21)/t3-,5-,6-,9-/m1/s1. The highest BCUT2D eigenvalue weighted by atomic mass is 31.3. The molecule has 0 amide bonds. The van der Waals surface area contributed by atoms with Crippen molar-refractivity contribution in [3.05, 3.63) is 16.8 Å². The van der Waals surface area contributed by atoms with Crippen LogP contribution in [0.3, 0.4) is 0 Å². The van der Waals surface area contributed by atoms with Gasteiger partial charge < -0.3 is 40.3 Å². The third kappa shape index (κ3) is 4.16. The van der Waals surface area contributed by atoms with Gasteiger partial charge in [-0.25, -0.2) is 28.5 Å². The minimum atomic E-state index is -5.33. The van der Waals surface area contributed by atoms with Crippen LogP contribution < -0.4 is 11.4 Å². The molecule has 2 aromatic rings. The predicted octanol–water partition coefficient (Wildman–Crippen LogP) is -2.45. The number of phosphoric ester groups is 1. The molecule has 1 aliphatic heterocycles. The van der Waals surface area contributed by atoms with Crippen molar-refractivity contribution in [2.24, 2.45) is 0 Å². The van der Waals surface area contributed by atoms with Gasteiger partial charge in [-0.1, -0.05) is 0 Å². The lowest BCUT2D eigenvalue weighted by Gasteiger charge is -2.17. The Hall–Kier alpha value is -1.71. The fourth-order valence-corrected chi connectivity index (χ4v) is 4.20. The molecule has 1 unspecified atom stereocenters. The van der Waals surface area contributed by atoms with Crippen LogP contribution in [0.15, 0.2) is 11.1 Å². The van der Waals surface area contributed by atoms with Crippen molar-refractivity contribution in [2.75, 3.05) is 12.3 Å². The summed E-state index contributed by atoms with van der Waals surface area (Å²) in [4.78, 5) is 48.5. The first kappa shape index (κ1) is 21.0. The number of rotatable bonds is 6. The number of aromatic nitrogens is 4. The van der Waals surface area contributed by atoms with Gasteiger partial charge in [0, 0.05) is 0 Å². The first-order chi connectivity index (χ1) is 12.9. The van der Waals surface area contributed by atoms with Gasteiger partial charge in [0.25, 0.3) is 0 Å². The van der Waals surface area contributed by atoms with Gasteiger partial charge in [0.05, 0.1) is 6.61 Å². The van der Waals surface area contributed by atoms with Crippen LogP contribution in [-0.4, -0.2) is 69.3 Å². The molecule has 3 rings (SSSR count). The number of aromatic amines is 1. The monoisotopic (exact) mass is 443 g/mol. The second-order valence-electron chi connectivity index (χ2n) is 5.64. The molecule has 3 heterocycles. The largest absolute Gasteiger partial charge is 0.481 e. The van der Waals surface area contributed by atoms with E-state index in [1.807, 2.05) is 0 Å². The second-order valence-corrected chi connectivity index (χ2v) is 8.47. The van der Waals surface area contributed by atoms with Gasteiger partial charge in [-0.05, 0) is 0 Å². The van der Waals surface area contributed by atoms with Crippen molar-refractivity contribution in [2.45, 2.75) is 24.5 Å². The van der Waals surface area contributed by atoms with E-state index in [2.05, 4.69) is 23.8 Å². The van der Waals surface area contributed by atoms with Crippen LogP contribution in [0.2, 0.25) is 0 Å². The summed E-state index contributed by atoms with van der Waals surface area (Å²) in [6.45, 7) is -0.906. The van der Waals surface area contributed by atoms with Crippen LogP contribution >= 0.6 is 15.6 Å². The van der Waals surface area contributed by atoms with Crippen molar-refractivity contribution in [1.29, 1.82) is 0 Å². The zero-order valence-corrected chi connectivity index (χ0v) is 15.4. The lowest BCUT2D eigenvalue weighted by atomic mass is 10.1. The van der Waals surface area contributed by atoms with E-state index in [1.165, 1.54) is 0 Å². The number of hydrogen-bond acceptors (Lipinski definition) is 11. The van der Waals surface area contributed by atoms with E-state index in [1.54, 1.807) is 0 Å². The number of fused-ring (bicyclic) bond motifs is 1. The average molecular weight is 443 g/mol. The molecule has 0 bridgehead atoms. The Morgan fingerprint density at radius 3 is 2.57 bits per heavy atom. The Kier molecular flexibility index (Phi) is 5.46. The lowest BCUT2D eigenvalue weighted by molar-refractivity contribution is -0.0517. The van der Waals surface area contributed by atoms with E-state index in [4.69, 9.17) is 20.3 Å². The second kappa shape index (κ2) is 7.27. The quantitative estimate of drug-likeness (QED) is 0.229. The van der Waals surface area contributed by atoms with Crippen molar-refractivity contribution in [3.63, 3.8) is 0 Å². The Balaban J connectivity index is 1.81. The Bertz CT molecular complexity index is 1030. The Labute approximate surface area is 154 Å². The molecule has 28 heavy (non-hydrogen) atoms. The Morgan fingerprint density at radius 1 is 1.25 bits per heavy atom. The molecule has 18 heteroatoms. The molecule has 2 aromatic heterocycles. The maximum atomic E-state index is 12.2. The topological polar surface area (TPSA) is 253 Å². The zero-order chi connectivity index (χ0) is 20.9. The summed E-state index contributed by atoms with van der Waals surface area (Å²) in [6, 6.07) is 0. The smallest absolute Gasteiger partial charge is 0.387 e. The number of nitrogens with zero attached hydrogens (tertiary/aromatic N) is 3. The number of aliphatic hydroxyl groups is 2. The maximum Gasteiger partial charge on any atom is 0.481 e. The highest BCUT2D eigenvalue weighted by Crippen LogP contribution is 2.57.